The average Bonchev–Trinajstić information content (AvgIpc) is 3.07. The van der Waals surface area contributed by atoms with Crippen LogP contribution in [0.15, 0.2) is 71.3 Å². The number of carbonyl (C=O) groups excluding carboxylic acids is 2. The Morgan fingerprint density at radius 3 is 2.08 bits per heavy atom. The van der Waals surface area contributed by atoms with Gasteiger partial charge in [0.15, 0.2) is 5.82 Å². The van der Waals surface area contributed by atoms with E-state index >= 15 is 0 Å². The molecule has 6 nitrogen and oxygen atoms in total. The van der Waals surface area contributed by atoms with Crippen LogP contribution in [0, 0.1) is 6.92 Å². The molecule has 0 fully saturated rings. The Hall–Kier alpha value is -3.41. The van der Waals surface area contributed by atoms with Gasteiger partial charge in [-0.3, -0.25) is 9.59 Å². The Morgan fingerprint density at radius 1 is 1.00 bits per heavy atom. The maximum Gasteiger partial charge on any atom is 0.245 e. The normalized spacial score (nSPS) is 10.5. The second-order valence-electron chi connectivity index (χ2n) is 5.84. The van der Waals surface area contributed by atoms with Crippen LogP contribution in [0.3, 0.4) is 0 Å². The van der Waals surface area contributed by atoms with E-state index in [2.05, 4.69) is 15.8 Å². The molecule has 2 aromatic carbocycles. The molecule has 2 N–H and O–H groups in total. The van der Waals surface area contributed by atoms with Crippen molar-refractivity contribution in [3.8, 4) is 0 Å². The second kappa shape index (κ2) is 8.11. The third-order valence-electron chi connectivity index (χ3n) is 3.85. The molecule has 1 aromatic heterocycles. The molecule has 0 aliphatic carbocycles. The number of anilines is 1. The molecule has 6 heteroatoms. The fourth-order valence-corrected chi connectivity index (χ4v) is 2.67. The lowest BCUT2D eigenvalue weighted by atomic mass is 9.90. The van der Waals surface area contributed by atoms with Gasteiger partial charge in [0, 0.05) is 6.07 Å². The lowest BCUT2D eigenvalue weighted by molar-refractivity contribution is -0.124. The van der Waals surface area contributed by atoms with Gasteiger partial charge >= 0.3 is 0 Å². The summed E-state index contributed by atoms with van der Waals surface area (Å²) in [7, 11) is 0. The van der Waals surface area contributed by atoms with E-state index in [0.717, 1.165) is 11.1 Å². The van der Waals surface area contributed by atoms with Crippen LogP contribution in [-0.4, -0.2) is 23.5 Å². The first-order valence-corrected chi connectivity index (χ1v) is 8.24. The van der Waals surface area contributed by atoms with Crippen molar-refractivity contribution >= 4 is 17.6 Å². The van der Waals surface area contributed by atoms with Gasteiger partial charge in [-0.2, -0.15) is 0 Å². The van der Waals surface area contributed by atoms with Crippen molar-refractivity contribution in [2.75, 3.05) is 11.9 Å². The summed E-state index contributed by atoms with van der Waals surface area (Å²) >= 11 is 0. The van der Waals surface area contributed by atoms with Gasteiger partial charge < -0.3 is 15.2 Å². The molecular weight excluding hydrogens is 330 g/mol. The predicted octanol–water partition coefficient (Wildman–Crippen LogP) is 2.87. The first kappa shape index (κ1) is 17.4. The minimum absolute atomic E-state index is 0.152. The summed E-state index contributed by atoms with van der Waals surface area (Å²) in [5.41, 5.74) is 1.73. The van der Waals surface area contributed by atoms with Crippen LogP contribution in [0.1, 0.15) is 22.8 Å². The zero-order chi connectivity index (χ0) is 18.4. The summed E-state index contributed by atoms with van der Waals surface area (Å²) in [6.07, 6.45) is 0. The van der Waals surface area contributed by atoms with E-state index in [1.807, 2.05) is 60.7 Å². The predicted molar refractivity (Wildman–Crippen MR) is 97.6 cm³/mol. The van der Waals surface area contributed by atoms with Crippen molar-refractivity contribution in [2.24, 2.45) is 0 Å². The van der Waals surface area contributed by atoms with Crippen LogP contribution in [0.2, 0.25) is 0 Å². The molecule has 0 saturated heterocycles. The number of amides is 2. The number of aryl methyl sites for hydroxylation is 1. The smallest absolute Gasteiger partial charge is 0.245 e. The van der Waals surface area contributed by atoms with Gasteiger partial charge in [-0.15, -0.1) is 0 Å². The Balaban J connectivity index is 1.69. The van der Waals surface area contributed by atoms with Gasteiger partial charge in [-0.25, -0.2) is 0 Å². The fourth-order valence-electron chi connectivity index (χ4n) is 2.67. The zero-order valence-electron chi connectivity index (χ0n) is 14.3. The van der Waals surface area contributed by atoms with E-state index in [1.54, 1.807) is 13.0 Å². The van der Waals surface area contributed by atoms with E-state index in [9.17, 15) is 9.59 Å². The van der Waals surface area contributed by atoms with Crippen molar-refractivity contribution in [3.63, 3.8) is 0 Å². The van der Waals surface area contributed by atoms with Crippen LogP contribution in [-0.2, 0) is 9.59 Å². The summed E-state index contributed by atoms with van der Waals surface area (Å²) in [6, 6.07) is 20.5. The van der Waals surface area contributed by atoms with Crippen LogP contribution in [0.5, 0.6) is 0 Å². The first-order chi connectivity index (χ1) is 12.6. The molecule has 0 aliphatic heterocycles. The highest BCUT2D eigenvalue weighted by molar-refractivity contribution is 5.95. The minimum atomic E-state index is -0.487. The van der Waals surface area contributed by atoms with Crippen LogP contribution < -0.4 is 10.6 Å². The maximum atomic E-state index is 12.8. The number of carbonyl (C=O) groups is 2. The van der Waals surface area contributed by atoms with E-state index < -0.39 is 5.92 Å². The molecule has 26 heavy (non-hydrogen) atoms. The average molecular weight is 349 g/mol. The molecule has 2 amide bonds. The van der Waals surface area contributed by atoms with E-state index in [1.165, 1.54) is 0 Å². The molecule has 3 rings (SSSR count). The van der Waals surface area contributed by atoms with Crippen molar-refractivity contribution in [1.29, 1.82) is 0 Å². The SMILES string of the molecule is Cc1cc(NC(=O)CNC(=O)C(c2ccccc2)c2ccccc2)no1. The van der Waals surface area contributed by atoms with Crippen LogP contribution in [0.25, 0.3) is 0 Å². The third kappa shape index (κ3) is 4.36. The Morgan fingerprint density at radius 2 is 1.58 bits per heavy atom. The van der Waals surface area contributed by atoms with E-state index in [0.29, 0.717) is 11.6 Å². The molecule has 0 atom stereocenters. The number of nitrogens with one attached hydrogen (secondary N) is 2. The number of aromatic nitrogens is 1. The summed E-state index contributed by atoms with van der Waals surface area (Å²) in [5, 5.41) is 8.97. The highest BCUT2D eigenvalue weighted by Gasteiger charge is 2.22. The lowest BCUT2D eigenvalue weighted by Crippen LogP contribution is -2.36. The third-order valence-corrected chi connectivity index (χ3v) is 3.85. The van der Waals surface area contributed by atoms with Gasteiger partial charge in [0.25, 0.3) is 0 Å². The van der Waals surface area contributed by atoms with E-state index in [-0.39, 0.29) is 18.4 Å². The highest BCUT2D eigenvalue weighted by Crippen LogP contribution is 2.24. The monoisotopic (exact) mass is 349 g/mol. The fraction of sp³-hybridized carbons (Fsp3) is 0.150. The summed E-state index contributed by atoms with van der Waals surface area (Å²) in [5.74, 6) is -0.179. The number of rotatable bonds is 6. The Kier molecular flexibility index (Phi) is 5.43. The van der Waals surface area contributed by atoms with Crippen molar-refractivity contribution in [1.82, 2.24) is 10.5 Å². The molecule has 0 spiro atoms. The molecule has 3 aromatic rings. The van der Waals surface area contributed by atoms with Crippen molar-refractivity contribution in [2.45, 2.75) is 12.8 Å². The number of hydrogen-bond acceptors (Lipinski definition) is 4. The zero-order valence-corrected chi connectivity index (χ0v) is 14.3. The molecule has 0 aliphatic rings. The molecule has 0 radical (unpaired) electrons. The molecule has 0 unspecified atom stereocenters. The summed E-state index contributed by atoms with van der Waals surface area (Å²) in [4.78, 5) is 24.8. The highest BCUT2D eigenvalue weighted by atomic mass is 16.5. The van der Waals surface area contributed by atoms with Crippen molar-refractivity contribution in [3.05, 3.63) is 83.6 Å². The molecule has 132 valence electrons. The second-order valence-corrected chi connectivity index (χ2v) is 5.84. The molecule has 0 bridgehead atoms. The van der Waals surface area contributed by atoms with E-state index in [4.69, 9.17) is 4.52 Å². The Labute approximate surface area is 151 Å². The first-order valence-electron chi connectivity index (χ1n) is 8.24. The summed E-state index contributed by atoms with van der Waals surface area (Å²) < 4.78 is 4.89. The lowest BCUT2D eigenvalue weighted by Gasteiger charge is -2.17. The number of nitrogens with zero attached hydrogens (tertiary/aromatic N) is 1. The topological polar surface area (TPSA) is 84.2 Å². The van der Waals surface area contributed by atoms with Crippen LogP contribution in [0.4, 0.5) is 5.82 Å². The largest absolute Gasteiger partial charge is 0.360 e. The van der Waals surface area contributed by atoms with Gasteiger partial charge in [0.05, 0.1) is 12.5 Å². The molecular formula is C20H19N3O3. The van der Waals surface area contributed by atoms with Gasteiger partial charge in [0.2, 0.25) is 11.8 Å². The van der Waals surface area contributed by atoms with Gasteiger partial charge in [-0.1, -0.05) is 65.8 Å². The molecule has 1 heterocycles. The maximum absolute atomic E-state index is 12.8. The summed E-state index contributed by atoms with van der Waals surface area (Å²) in [6.45, 7) is 1.58. The van der Waals surface area contributed by atoms with Crippen molar-refractivity contribution < 1.29 is 14.1 Å². The molecule has 0 saturated carbocycles. The number of hydrogen-bond donors (Lipinski definition) is 2. The quantitative estimate of drug-likeness (QED) is 0.717. The Bertz CT molecular complexity index is 836. The van der Waals surface area contributed by atoms with Gasteiger partial charge in [-0.05, 0) is 18.1 Å². The standard InChI is InChI=1S/C20H19N3O3/c1-14-12-17(23-26-14)22-18(24)13-21-20(25)19(15-8-4-2-5-9-15)16-10-6-3-7-11-16/h2-12,19H,13H2,1H3,(H,21,25)(H,22,23,24). The number of benzene rings is 2. The van der Waals surface area contributed by atoms with Crippen LogP contribution >= 0.6 is 0 Å². The van der Waals surface area contributed by atoms with Gasteiger partial charge in [0.1, 0.15) is 5.76 Å². The minimum Gasteiger partial charge on any atom is -0.360 e.